The summed E-state index contributed by atoms with van der Waals surface area (Å²) in [6.45, 7) is 0.225. The quantitative estimate of drug-likeness (QED) is 0.576. The van der Waals surface area contributed by atoms with Gasteiger partial charge in [-0.1, -0.05) is 18.2 Å². The number of halogens is 1. The highest BCUT2D eigenvalue weighted by Gasteiger charge is 2.09. The molecule has 1 heterocycles. The van der Waals surface area contributed by atoms with Crippen LogP contribution in [0.15, 0.2) is 59.5 Å². The molecule has 23 heavy (non-hydrogen) atoms. The van der Waals surface area contributed by atoms with Gasteiger partial charge in [-0.15, -0.1) is 0 Å². The summed E-state index contributed by atoms with van der Waals surface area (Å²) in [6.07, 6.45) is 1.63. The van der Waals surface area contributed by atoms with Crippen molar-refractivity contribution in [3.8, 4) is 0 Å². The van der Waals surface area contributed by atoms with Gasteiger partial charge >= 0.3 is 0 Å². The molecule has 5 nitrogen and oxygen atoms in total. The van der Waals surface area contributed by atoms with Gasteiger partial charge in [0.1, 0.15) is 5.82 Å². The Morgan fingerprint density at radius 3 is 2.74 bits per heavy atom. The summed E-state index contributed by atoms with van der Waals surface area (Å²) in [5, 5.41) is 9.72. The van der Waals surface area contributed by atoms with E-state index in [1.165, 1.54) is 34.3 Å². The molecule has 0 saturated carbocycles. The average Bonchev–Trinajstić information content (AvgIpc) is 2.56. The molecule has 0 fully saturated rings. The van der Waals surface area contributed by atoms with Crippen LogP contribution >= 0.6 is 0 Å². The van der Waals surface area contributed by atoms with Gasteiger partial charge in [0.2, 0.25) is 0 Å². The smallest absolute Gasteiger partial charge is 0.274 e. The number of carbonyl (C=O) groups is 1. The molecule has 0 aliphatic rings. The lowest BCUT2D eigenvalue weighted by Crippen LogP contribution is -2.22. The fourth-order valence-corrected chi connectivity index (χ4v) is 2.44. The van der Waals surface area contributed by atoms with Crippen molar-refractivity contribution in [2.75, 3.05) is 0 Å². The molecule has 0 unspecified atom stereocenters. The SMILES string of the molecule is O=C(NO)c1ccc2ccn(Cc3cccc(F)c3)c(=O)c2c1. The fourth-order valence-electron chi connectivity index (χ4n) is 2.44. The summed E-state index contributed by atoms with van der Waals surface area (Å²) < 4.78 is 14.7. The molecule has 0 spiro atoms. The van der Waals surface area contributed by atoms with E-state index in [0.29, 0.717) is 16.3 Å². The predicted molar refractivity (Wildman–Crippen MR) is 83.0 cm³/mol. The second kappa shape index (κ2) is 6.02. The lowest BCUT2D eigenvalue weighted by atomic mass is 10.1. The summed E-state index contributed by atoms with van der Waals surface area (Å²) >= 11 is 0. The molecular weight excluding hydrogens is 299 g/mol. The normalized spacial score (nSPS) is 10.7. The van der Waals surface area contributed by atoms with Crippen molar-refractivity contribution in [2.45, 2.75) is 6.54 Å². The van der Waals surface area contributed by atoms with E-state index in [9.17, 15) is 14.0 Å². The Hall–Kier alpha value is -2.99. The van der Waals surface area contributed by atoms with Crippen LogP contribution in [0.1, 0.15) is 15.9 Å². The van der Waals surface area contributed by atoms with Crippen molar-refractivity contribution in [1.82, 2.24) is 10.0 Å². The maximum absolute atomic E-state index is 13.2. The van der Waals surface area contributed by atoms with Gasteiger partial charge in [-0.25, -0.2) is 9.87 Å². The van der Waals surface area contributed by atoms with Gasteiger partial charge in [-0.2, -0.15) is 0 Å². The van der Waals surface area contributed by atoms with Gasteiger partial charge < -0.3 is 4.57 Å². The predicted octanol–water partition coefficient (Wildman–Crippen LogP) is 2.31. The van der Waals surface area contributed by atoms with E-state index in [1.807, 2.05) is 0 Å². The van der Waals surface area contributed by atoms with E-state index in [4.69, 9.17) is 5.21 Å². The van der Waals surface area contributed by atoms with E-state index < -0.39 is 5.91 Å². The second-order valence-corrected chi connectivity index (χ2v) is 5.12. The van der Waals surface area contributed by atoms with Crippen LogP contribution in [0.4, 0.5) is 4.39 Å². The zero-order valence-corrected chi connectivity index (χ0v) is 12.0. The number of hydroxylamine groups is 1. The zero-order chi connectivity index (χ0) is 16.4. The molecule has 0 saturated heterocycles. The largest absolute Gasteiger partial charge is 0.311 e. The number of hydrogen-bond donors (Lipinski definition) is 2. The van der Waals surface area contributed by atoms with Crippen molar-refractivity contribution >= 4 is 16.7 Å². The van der Waals surface area contributed by atoms with Gasteiger partial charge in [0.05, 0.1) is 6.54 Å². The highest BCUT2D eigenvalue weighted by Crippen LogP contribution is 2.13. The van der Waals surface area contributed by atoms with Crippen LogP contribution in [0.5, 0.6) is 0 Å². The number of carbonyl (C=O) groups excluding carboxylic acids is 1. The Morgan fingerprint density at radius 1 is 1.17 bits per heavy atom. The molecular formula is C17H13FN2O3. The molecule has 6 heteroatoms. The van der Waals surface area contributed by atoms with Gasteiger partial charge in [0, 0.05) is 17.1 Å². The molecule has 0 aliphatic carbocycles. The number of pyridine rings is 1. The summed E-state index contributed by atoms with van der Waals surface area (Å²) in [6, 6.07) is 12.3. The van der Waals surface area contributed by atoms with E-state index in [2.05, 4.69) is 0 Å². The minimum atomic E-state index is -0.688. The first-order valence-electron chi connectivity index (χ1n) is 6.90. The lowest BCUT2D eigenvalue weighted by Gasteiger charge is -2.08. The highest BCUT2D eigenvalue weighted by molar-refractivity contribution is 5.97. The van der Waals surface area contributed by atoms with Crippen LogP contribution in [0.3, 0.4) is 0 Å². The lowest BCUT2D eigenvalue weighted by molar-refractivity contribution is 0.0706. The average molecular weight is 312 g/mol. The number of nitrogens with one attached hydrogen (secondary N) is 1. The molecule has 1 amide bonds. The Morgan fingerprint density at radius 2 is 2.00 bits per heavy atom. The third kappa shape index (κ3) is 2.97. The Kier molecular flexibility index (Phi) is 3.91. The molecule has 116 valence electrons. The first kappa shape index (κ1) is 14.9. The molecule has 3 aromatic rings. The van der Waals surface area contributed by atoms with Crippen LogP contribution < -0.4 is 11.0 Å². The summed E-state index contributed by atoms with van der Waals surface area (Å²) in [5.74, 6) is -1.05. The van der Waals surface area contributed by atoms with E-state index in [0.717, 1.165) is 0 Å². The molecule has 2 N–H and O–H groups in total. The van der Waals surface area contributed by atoms with Crippen molar-refractivity contribution in [3.63, 3.8) is 0 Å². The van der Waals surface area contributed by atoms with Gasteiger partial charge in [0.25, 0.3) is 11.5 Å². The van der Waals surface area contributed by atoms with Crippen LogP contribution in [0, 0.1) is 5.82 Å². The molecule has 0 radical (unpaired) electrons. The van der Waals surface area contributed by atoms with E-state index >= 15 is 0 Å². The van der Waals surface area contributed by atoms with Crippen molar-refractivity contribution in [1.29, 1.82) is 0 Å². The maximum atomic E-state index is 13.2. The van der Waals surface area contributed by atoms with Crippen LogP contribution in [0.2, 0.25) is 0 Å². The number of aromatic nitrogens is 1. The number of amides is 1. The molecule has 0 aliphatic heterocycles. The highest BCUT2D eigenvalue weighted by atomic mass is 19.1. The van der Waals surface area contributed by atoms with Crippen LogP contribution in [0.25, 0.3) is 10.8 Å². The first-order valence-corrected chi connectivity index (χ1v) is 6.90. The molecule has 0 bridgehead atoms. The third-order valence-electron chi connectivity index (χ3n) is 3.58. The second-order valence-electron chi connectivity index (χ2n) is 5.12. The third-order valence-corrected chi connectivity index (χ3v) is 3.58. The molecule has 1 aromatic heterocycles. The molecule has 0 atom stereocenters. The zero-order valence-electron chi connectivity index (χ0n) is 12.0. The Labute approximate surface area is 130 Å². The Bertz CT molecular complexity index is 950. The van der Waals surface area contributed by atoms with Crippen molar-refractivity contribution < 1.29 is 14.4 Å². The Balaban J connectivity index is 2.07. The molecule has 3 rings (SSSR count). The number of benzene rings is 2. The van der Waals surface area contributed by atoms with Crippen LogP contribution in [-0.2, 0) is 6.54 Å². The minimum Gasteiger partial charge on any atom is -0.311 e. The van der Waals surface area contributed by atoms with Crippen molar-refractivity contribution in [2.24, 2.45) is 0 Å². The van der Waals surface area contributed by atoms with Gasteiger partial charge in [0.15, 0.2) is 0 Å². The molecule has 2 aromatic carbocycles. The van der Waals surface area contributed by atoms with Gasteiger partial charge in [-0.05, 0) is 41.3 Å². The first-order chi connectivity index (χ1) is 11.1. The minimum absolute atomic E-state index is 0.181. The maximum Gasteiger partial charge on any atom is 0.274 e. The number of rotatable bonds is 3. The van der Waals surface area contributed by atoms with E-state index in [-0.39, 0.29) is 23.5 Å². The number of hydrogen-bond acceptors (Lipinski definition) is 3. The number of fused-ring (bicyclic) bond motifs is 1. The standard InChI is InChI=1S/C17H13FN2O3/c18-14-3-1-2-11(8-14)10-20-7-6-12-4-5-13(16(21)19-23)9-15(12)17(20)22/h1-9,23H,10H2,(H,19,21). The topological polar surface area (TPSA) is 71.3 Å². The summed E-state index contributed by atoms with van der Waals surface area (Å²) in [7, 11) is 0. The van der Waals surface area contributed by atoms with Crippen molar-refractivity contribution in [3.05, 3.63) is 82.0 Å². The van der Waals surface area contributed by atoms with Gasteiger partial charge in [-0.3, -0.25) is 14.8 Å². The van der Waals surface area contributed by atoms with Crippen LogP contribution in [-0.4, -0.2) is 15.7 Å². The number of nitrogens with zero attached hydrogens (tertiary/aromatic N) is 1. The monoisotopic (exact) mass is 312 g/mol. The van der Waals surface area contributed by atoms with E-state index in [1.54, 1.807) is 30.5 Å². The fraction of sp³-hybridized carbons (Fsp3) is 0.0588. The summed E-state index contributed by atoms with van der Waals surface area (Å²) in [4.78, 5) is 24.0. The summed E-state index contributed by atoms with van der Waals surface area (Å²) in [5.41, 5.74) is 2.09.